The van der Waals surface area contributed by atoms with Gasteiger partial charge in [0.2, 0.25) is 0 Å². The highest BCUT2D eigenvalue weighted by molar-refractivity contribution is 5.20. The quantitative estimate of drug-likeness (QED) is 0.630. The molecule has 0 atom stereocenters. The Morgan fingerprint density at radius 2 is 1.70 bits per heavy atom. The van der Waals surface area contributed by atoms with Crippen molar-refractivity contribution < 1.29 is 0 Å². The van der Waals surface area contributed by atoms with E-state index in [0.29, 0.717) is 6.54 Å². The average Bonchev–Trinajstić information content (AvgIpc) is 1.90. The highest BCUT2D eigenvalue weighted by Crippen LogP contribution is 2.00. The number of aryl methyl sites for hydroxylation is 1. The van der Waals surface area contributed by atoms with E-state index >= 15 is 0 Å². The number of hydrogen-bond donors (Lipinski definition) is 1. The van der Waals surface area contributed by atoms with Gasteiger partial charge in [0.1, 0.15) is 0 Å². The van der Waals surface area contributed by atoms with E-state index in [0.717, 1.165) is 0 Å². The highest BCUT2D eigenvalue weighted by Gasteiger charge is 1.84. The number of hydrogen-bond acceptors (Lipinski definition) is 1. The van der Waals surface area contributed by atoms with Crippen LogP contribution in [0.15, 0.2) is 24.3 Å². The fourth-order valence-electron chi connectivity index (χ4n) is 0.724. The lowest BCUT2D eigenvalue weighted by molar-refractivity contribution is 1.07. The summed E-state index contributed by atoms with van der Waals surface area (Å²) in [5.41, 5.74) is 7.88. The largest absolute Gasteiger partial charge is 0.326 e. The third-order valence-corrected chi connectivity index (χ3v) is 1.36. The van der Waals surface area contributed by atoms with Gasteiger partial charge in [-0.15, -0.1) is 0 Å². The van der Waals surface area contributed by atoms with Crippen molar-refractivity contribution >= 4 is 0 Å². The van der Waals surface area contributed by atoms with E-state index in [9.17, 15) is 0 Å². The second-order valence-corrected chi connectivity index (χ2v) is 2.19. The maximum atomic E-state index is 5.40. The van der Waals surface area contributed by atoms with E-state index in [1.54, 1.807) is 0 Å². The molecular formula is C9H15N. The Kier molecular flexibility index (Phi) is 3.74. The minimum absolute atomic E-state index is 0. The van der Waals surface area contributed by atoms with Crippen LogP contribution in [0, 0.1) is 6.92 Å². The monoisotopic (exact) mass is 137 g/mol. The SMILES string of the molecule is C.Cc1ccc(CN)cc1. The first-order chi connectivity index (χ1) is 4.33. The lowest BCUT2D eigenvalue weighted by atomic mass is 10.2. The highest BCUT2D eigenvalue weighted by atomic mass is 14.5. The fraction of sp³-hybridized carbons (Fsp3) is 0.333. The molecule has 0 spiro atoms. The smallest absolute Gasteiger partial charge is 0.0178 e. The second-order valence-electron chi connectivity index (χ2n) is 2.19. The maximum Gasteiger partial charge on any atom is 0.0178 e. The van der Waals surface area contributed by atoms with E-state index in [-0.39, 0.29) is 7.43 Å². The number of nitrogens with two attached hydrogens (primary N) is 1. The molecule has 1 nitrogen and oxygen atoms in total. The molecule has 0 aliphatic carbocycles. The van der Waals surface area contributed by atoms with Crippen molar-refractivity contribution in [2.45, 2.75) is 20.9 Å². The lowest BCUT2D eigenvalue weighted by Gasteiger charge is -1.94. The van der Waals surface area contributed by atoms with Crippen molar-refractivity contribution in [2.75, 3.05) is 0 Å². The summed E-state index contributed by atoms with van der Waals surface area (Å²) >= 11 is 0. The standard InChI is InChI=1S/C8H11N.CH4/c1-7-2-4-8(6-9)5-3-7;/h2-5H,6,9H2,1H3;1H4. The predicted molar refractivity (Wildman–Crippen MR) is 45.8 cm³/mol. The molecule has 0 aromatic heterocycles. The van der Waals surface area contributed by atoms with Crippen LogP contribution in [0.2, 0.25) is 0 Å². The van der Waals surface area contributed by atoms with E-state index < -0.39 is 0 Å². The Morgan fingerprint density at radius 3 is 2.10 bits per heavy atom. The van der Waals surface area contributed by atoms with Crippen molar-refractivity contribution in [2.24, 2.45) is 5.73 Å². The third-order valence-electron chi connectivity index (χ3n) is 1.36. The summed E-state index contributed by atoms with van der Waals surface area (Å²) in [6.45, 7) is 2.71. The molecule has 10 heavy (non-hydrogen) atoms. The normalized spacial score (nSPS) is 8.60. The Labute approximate surface area is 62.9 Å². The summed E-state index contributed by atoms with van der Waals surface area (Å²) in [5, 5.41) is 0. The molecular weight excluding hydrogens is 122 g/mol. The minimum Gasteiger partial charge on any atom is -0.326 e. The fourth-order valence-corrected chi connectivity index (χ4v) is 0.724. The van der Waals surface area contributed by atoms with Crippen LogP contribution in [-0.2, 0) is 6.54 Å². The van der Waals surface area contributed by atoms with Crippen LogP contribution in [-0.4, -0.2) is 0 Å². The van der Waals surface area contributed by atoms with Crippen molar-refractivity contribution in [1.29, 1.82) is 0 Å². The lowest BCUT2D eigenvalue weighted by Crippen LogP contribution is -1.94. The summed E-state index contributed by atoms with van der Waals surface area (Å²) in [5.74, 6) is 0. The van der Waals surface area contributed by atoms with Gasteiger partial charge in [-0.2, -0.15) is 0 Å². The van der Waals surface area contributed by atoms with Crippen molar-refractivity contribution in [1.82, 2.24) is 0 Å². The molecule has 1 aromatic rings. The first-order valence-electron chi connectivity index (χ1n) is 3.08. The second kappa shape index (κ2) is 4.07. The molecule has 1 rings (SSSR count). The summed E-state index contributed by atoms with van der Waals surface area (Å²) in [6.07, 6.45) is 0. The molecule has 0 heterocycles. The van der Waals surface area contributed by atoms with Gasteiger partial charge in [0.15, 0.2) is 0 Å². The molecule has 0 saturated heterocycles. The summed E-state index contributed by atoms with van der Waals surface area (Å²) in [7, 11) is 0. The van der Waals surface area contributed by atoms with Gasteiger partial charge in [-0.3, -0.25) is 0 Å². The first-order valence-corrected chi connectivity index (χ1v) is 3.08. The van der Waals surface area contributed by atoms with E-state index in [1.165, 1.54) is 11.1 Å². The minimum atomic E-state index is 0. The summed E-state index contributed by atoms with van der Waals surface area (Å²) in [4.78, 5) is 0. The Balaban J connectivity index is 0.000000810. The maximum absolute atomic E-state index is 5.40. The molecule has 0 radical (unpaired) electrons. The zero-order valence-corrected chi connectivity index (χ0v) is 5.59. The third kappa shape index (κ3) is 2.19. The van der Waals surface area contributed by atoms with Gasteiger partial charge in [0, 0.05) is 6.54 Å². The Morgan fingerprint density at radius 1 is 1.20 bits per heavy atom. The van der Waals surface area contributed by atoms with Gasteiger partial charge >= 0.3 is 0 Å². The van der Waals surface area contributed by atoms with Crippen LogP contribution in [0.5, 0.6) is 0 Å². The van der Waals surface area contributed by atoms with Crippen molar-refractivity contribution in [3.8, 4) is 0 Å². The first kappa shape index (κ1) is 9.18. The van der Waals surface area contributed by atoms with Gasteiger partial charge in [-0.05, 0) is 12.5 Å². The number of rotatable bonds is 1. The molecule has 0 bridgehead atoms. The zero-order valence-electron chi connectivity index (χ0n) is 5.59. The van der Waals surface area contributed by atoms with Crippen LogP contribution in [0.1, 0.15) is 18.6 Å². The molecule has 0 saturated carbocycles. The Bertz CT molecular complexity index is 176. The molecule has 0 aliphatic rings. The molecule has 0 unspecified atom stereocenters. The molecule has 56 valence electrons. The van der Waals surface area contributed by atoms with Gasteiger partial charge in [-0.1, -0.05) is 37.3 Å². The van der Waals surface area contributed by atoms with Crippen molar-refractivity contribution in [3.05, 3.63) is 35.4 Å². The summed E-state index contributed by atoms with van der Waals surface area (Å²) < 4.78 is 0. The van der Waals surface area contributed by atoms with Crippen LogP contribution in [0.3, 0.4) is 0 Å². The van der Waals surface area contributed by atoms with Gasteiger partial charge < -0.3 is 5.73 Å². The van der Waals surface area contributed by atoms with Gasteiger partial charge in [0.05, 0.1) is 0 Å². The zero-order chi connectivity index (χ0) is 6.69. The van der Waals surface area contributed by atoms with E-state index in [2.05, 4.69) is 31.2 Å². The molecule has 0 fully saturated rings. The van der Waals surface area contributed by atoms with Crippen molar-refractivity contribution in [3.63, 3.8) is 0 Å². The van der Waals surface area contributed by atoms with Crippen LogP contribution in [0.25, 0.3) is 0 Å². The topological polar surface area (TPSA) is 26.0 Å². The number of benzene rings is 1. The molecule has 1 heteroatoms. The van der Waals surface area contributed by atoms with Gasteiger partial charge in [-0.25, -0.2) is 0 Å². The average molecular weight is 137 g/mol. The molecule has 2 N–H and O–H groups in total. The molecule has 1 aromatic carbocycles. The predicted octanol–water partition coefficient (Wildman–Crippen LogP) is 2.09. The van der Waals surface area contributed by atoms with Crippen LogP contribution < -0.4 is 5.73 Å². The van der Waals surface area contributed by atoms with E-state index in [1.807, 2.05) is 0 Å². The molecule has 0 aliphatic heterocycles. The van der Waals surface area contributed by atoms with E-state index in [4.69, 9.17) is 5.73 Å². The summed E-state index contributed by atoms with van der Waals surface area (Å²) in [6, 6.07) is 8.25. The van der Waals surface area contributed by atoms with Crippen LogP contribution in [0.4, 0.5) is 0 Å². The Hall–Kier alpha value is -0.820. The van der Waals surface area contributed by atoms with Gasteiger partial charge in [0.25, 0.3) is 0 Å². The molecule has 0 amide bonds. The van der Waals surface area contributed by atoms with Crippen LogP contribution >= 0.6 is 0 Å².